The van der Waals surface area contributed by atoms with Crippen molar-refractivity contribution < 1.29 is 4.74 Å². The van der Waals surface area contributed by atoms with Crippen LogP contribution in [-0.4, -0.2) is 13.7 Å². The molecule has 2 bridgehead atoms. The van der Waals surface area contributed by atoms with Gasteiger partial charge in [-0.2, -0.15) is 0 Å². The molecule has 2 heteroatoms. The molecular formula is C17H23NO. The maximum Gasteiger partial charge on any atom is 0.123 e. The molecule has 0 aliphatic heterocycles. The number of rotatable bonds is 5. The summed E-state index contributed by atoms with van der Waals surface area (Å²) in [6.07, 6.45) is 7.58. The number of fused-ring (bicyclic) bond motifs is 2. The largest absolute Gasteiger partial charge is 0.496 e. The molecule has 0 spiro atoms. The van der Waals surface area contributed by atoms with Gasteiger partial charge in [0.1, 0.15) is 5.75 Å². The number of ether oxygens (including phenoxy) is 1. The van der Waals surface area contributed by atoms with E-state index in [1.807, 2.05) is 12.1 Å². The van der Waals surface area contributed by atoms with Crippen molar-refractivity contribution in [1.82, 2.24) is 5.32 Å². The number of allylic oxidation sites excluding steroid dienone is 2. The maximum absolute atomic E-state index is 5.44. The van der Waals surface area contributed by atoms with Crippen molar-refractivity contribution in [1.29, 1.82) is 0 Å². The quantitative estimate of drug-likeness (QED) is 0.814. The maximum atomic E-state index is 5.44. The van der Waals surface area contributed by atoms with Gasteiger partial charge < -0.3 is 10.1 Å². The fourth-order valence-electron chi connectivity index (χ4n) is 3.59. The molecule has 0 amide bonds. The summed E-state index contributed by atoms with van der Waals surface area (Å²) < 4.78 is 5.44. The molecular weight excluding hydrogens is 234 g/mol. The molecule has 0 saturated heterocycles. The molecule has 19 heavy (non-hydrogen) atoms. The van der Waals surface area contributed by atoms with E-state index in [0.717, 1.165) is 30.0 Å². The van der Waals surface area contributed by atoms with Gasteiger partial charge in [-0.05, 0) is 50.1 Å². The highest BCUT2D eigenvalue weighted by Crippen LogP contribution is 2.43. The fourth-order valence-corrected chi connectivity index (χ4v) is 3.59. The zero-order valence-electron chi connectivity index (χ0n) is 11.8. The van der Waals surface area contributed by atoms with Gasteiger partial charge in [0.2, 0.25) is 0 Å². The van der Waals surface area contributed by atoms with E-state index in [9.17, 15) is 0 Å². The van der Waals surface area contributed by atoms with Crippen LogP contribution in [0.3, 0.4) is 0 Å². The minimum atomic E-state index is 0.347. The minimum absolute atomic E-state index is 0.347. The van der Waals surface area contributed by atoms with Crippen molar-refractivity contribution in [2.75, 3.05) is 13.7 Å². The Kier molecular flexibility index (Phi) is 3.61. The molecule has 1 N–H and O–H groups in total. The molecule has 102 valence electrons. The second kappa shape index (κ2) is 5.38. The summed E-state index contributed by atoms with van der Waals surface area (Å²) in [4.78, 5) is 0. The van der Waals surface area contributed by atoms with E-state index < -0.39 is 0 Å². The average Bonchev–Trinajstić information content (AvgIpc) is 3.07. The highest BCUT2D eigenvalue weighted by molar-refractivity contribution is 5.35. The van der Waals surface area contributed by atoms with E-state index in [1.54, 1.807) is 7.11 Å². The second-order valence-corrected chi connectivity index (χ2v) is 5.91. The average molecular weight is 257 g/mol. The van der Waals surface area contributed by atoms with Gasteiger partial charge >= 0.3 is 0 Å². The first-order valence-corrected chi connectivity index (χ1v) is 7.32. The minimum Gasteiger partial charge on any atom is -0.496 e. The van der Waals surface area contributed by atoms with Crippen molar-refractivity contribution in [3.8, 4) is 5.75 Å². The normalized spacial score (nSPS) is 29.7. The highest BCUT2D eigenvalue weighted by Gasteiger charge is 2.35. The Balaban J connectivity index is 1.59. The van der Waals surface area contributed by atoms with Crippen LogP contribution in [0.1, 0.15) is 31.4 Å². The predicted molar refractivity (Wildman–Crippen MR) is 78.3 cm³/mol. The summed E-state index contributed by atoms with van der Waals surface area (Å²) in [5.74, 6) is 3.49. The lowest BCUT2D eigenvalue weighted by Gasteiger charge is -2.23. The number of hydrogen-bond donors (Lipinski definition) is 1. The van der Waals surface area contributed by atoms with Crippen LogP contribution < -0.4 is 10.1 Å². The zero-order valence-corrected chi connectivity index (χ0v) is 11.8. The molecule has 0 heterocycles. The van der Waals surface area contributed by atoms with Gasteiger partial charge in [-0.15, -0.1) is 0 Å². The number of benzene rings is 1. The summed E-state index contributed by atoms with van der Waals surface area (Å²) in [5, 5.41) is 3.69. The van der Waals surface area contributed by atoms with Gasteiger partial charge in [-0.1, -0.05) is 30.4 Å². The first-order valence-electron chi connectivity index (χ1n) is 7.32. The number of methoxy groups -OCH3 is 1. The summed E-state index contributed by atoms with van der Waals surface area (Å²) in [6.45, 7) is 3.34. The lowest BCUT2D eigenvalue weighted by molar-refractivity contribution is 0.377. The number of para-hydroxylation sites is 1. The van der Waals surface area contributed by atoms with Crippen LogP contribution in [0, 0.1) is 17.8 Å². The van der Waals surface area contributed by atoms with Gasteiger partial charge in [-0.25, -0.2) is 0 Å². The first kappa shape index (κ1) is 12.7. The van der Waals surface area contributed by atoms with Gasteiger partial charge in [-0.3, -0.25) is 0 Å². The first-order chi connectivity index (χ1) is 9.28. The number of nitrogens with one attached hydrogen (secondary N) is 1. The molecule has 0 radical (unpaired) electrons. The van der Waals surface area contributed by atoms with Gasteiger partial charge in [0.25, 0.3) is 0 Å². The molecule has 2 aliphatic carbocycles. The smallest absolute Gasteiger partial charge is 0.123 e. The highest BCUT2D eigenvalue weighted by atomic mass is 16.5. The van der Waals surface area contributed by atoms with E-state index in [2.05, 4.69) is 36.5 Å². The molecule has 1 fully saturated rings. The molecule has 1 saturated carbocycles. The molecule has 1 aromatic rings. The summed E-state index contributed by atoms with van der Waals surface area (Å²) >= 11 is 0. The SMILES string of the molecule is COc1ccccc1[C@@H](C)NCC1CC2C=CC1C2. The molecule has 3 unspecified atom stereocenters. The fraction of sp³-hybridized carbons (Fsp3) is 0.529. The van der Waals surface area contributed by atoms with Crippen molar-refractivity contribution in [2.24, 2.45) is 17.8 Å². The zero-order chi connectivity index (χ0) is 13.2. The van der Waals surface area contributed by atoms with E-state index in [0.29, 0.717) is 6.04 Å². The monoisotopic (exact) mass is 257 g/mol. The van der Waals surface area contributed by atoms with Crippen LogP contribution in [0.5, 0.6) is 5.75 Å². The third-order valence-corrected chi connectivity index (χ3v) is 4.71. The van der Waals surface area contributed by atoms with Gasteiger partial charge in [0.15, 0.2) is 0 Å². The van der Waals surface area contributed by atoms with Crippen LogP contribution in [0.2, 0.25) is 0 Å². The van der Waals surface area contributed by atoms with E-state index >= 15 is 0 Å². The van der Waals surface area contributed by atoms with Crippen LogP contribution in [0.4, 0.5) is 0 Å². The number of hydrogen-bond acceptors (Lipinski definition) is 2. The van der Waals surface area contributed by atoms with E-state index in [-0.39, 0.29) is 0 Å². The second-order valence-electron chi connectivity index (χ2n) is 5.91. The third kappa shape index (κ3) is 2.55. The lowest BCUT2D eigenvalue weighted by atomic mass is 9.93. The van der Waals surface area contributed by atoms with E-state index in [1.165, 1.54) is 18.4 Å². The Morgan fingerprint density at radius 2 is 2.11 bits per heavy atom. The topological polar surface area (TPSA) is 21.3 Å². The molecule has 4 atom stereocenters. The van der Waals surface area contributed by atoms with Crippen molar-refractivity contribution in [2.45, 2.75) is 25.8 Å². The van der Waals surface area contributed by atoms with Crippen LogP contribution in [0.25, 0.3) is 0 Å². The van der Waals surface area contributed by atoms with Crippen molar-refractivity contribution >= 4 is 0 Å². The Morgan fingerprint density at radius 3 is 2.79 bits per heavy atom. The van der Waals surface area contributed by atoms with Crippen LogP contribution >= 0.6 is 0 Å². The summed E-state index contributed by atoms with van der Waals surface area (Å²) in [7, 11) is 1.74. The van der Waals surface area contributed by atoms with Gasteiger partial charge in [0, 0.05) is 11.6 Å². The Bertz CT molecular complexity index is 468. The van der Waals surface area contributed by atoms with Gasteiger partial charge in [0.05, 0.1) is 7.11 Å². The molecule has 2 aliphatic rings. The Morgan fingerprint density at radius 1 is 1.26 bits per heavy atom. The predicted octanol–water partition coefficient (Wildman–Crippen LogP) is 3.56. The molecule has 1 aromatic carbocycles. The Labute approximate surface area is 115 Å². The molecule has 0 aromatic heterocycles. The summed E-state index contributed by atoms with van der Waals surface area (Å²) in [6, 6.07) is 8.64. The summed E-state index contributed by atoms with van der Waals surface area (Å²) in [5.41, 5.74) is 1.25. The van der Waals surface area contributed by atoms with Crippen molar-refractivity contribution in [3.63, 3.8) is 0 Å². The lowest BCUT2D eigenvalue weighted by Crippen LogP contribution is -2.28. The van der Waals surface area contributed by atoms with Crippen LogP contribution in [0.15, 0.2) is 36.4 Å². The molecule has 2 nitrogen and oxygen atoms in total. The third-order valence-electron chi connectivity index (χ3n) is 4.71. The van der Waals surface area contributed by atoms with E-state index in [4.69, 9.17) is 4.74 Å². The Hall–Kier alpha value is -1.28. The molecule has 3 rings (SSSR count). The standard InChI is InChI=1S/C17H23NO/c1-12(16-5-3-4-6-17(16)19-2)18-11-15-10-13-7-8-14(15)9-13/h3-8,12-15,18H,9-11H2,1-2H3/t12-,13?,14?,15?/m1/s1. The van der Waals surface area contributed by atoms with Crippen LogP contribution in [-0.2, 0) is 0 Å². The van der Waals surface area contributed by atoms with Crippen molar-refractivity contribution in [3.05, 3.63) is 42.0 Å².